The summed E-state index contributed by atoms with van der Waals surface area (Å²) in [5, 5.41) is 15.4. The Labute approximate surface area is 275 Å². The van der Waals surface area contributed by atoms with Gasteiger partial charge in [0.15, 0.2) is 23.6 Å². The van der Waals surface area contributed by atoms with Crippen molar-refractivity contribution in [2.75, 3.05) is 13.7 Å². The number of hydrogen-bond donors (Lipinski definition) is 2. The molecule has 5 aromatic rings. The number of nitrogens with one attached hydrogen (secondary N) is 1. The number of carbonyl (C=O) groups excluding carboxylic acids is 1. The zero-order valence-electron chi connectivity index (χ0n) is 26.6. The van der Waals surface area contributed by atoms with Crippen molar-refractivity contribution >= 4 is 35.7 Å². The fourth-order valence-corrected chi connectivity index (χ4v) is 7.00. The number of hydrogen-bond acceptors (Lipinski definition) is 11. The predicted octanol–water partition coefficient (Wildman–Crippen LogP) is 5.21. The van der Waals surface area contributed by atoms with Crippen LogP contribution in [0.25, 0.3) is 21.9 Å². The van der Waals surface area contributed by atoms with E-state index in [1.807, 2.05) is 36.4 Å². The van der Waals surface area contributed by atoms with Gasteiger partial charge in [0.1, 0.15) is 35.9 Å². The van der Waals surface area contributed by atoms with Gasteiger partial charge in [-0.1, -0.05) is 66.7 Å². The Morgan fingerprint density at radius 2 is 1.85 bits per heavy atom. The highest BCUT2D eigenvalue weighted by Gasteiger charge is 2.55. The van der Waals surface area contributed by atoms with Crippen molar-refractivity contribution in [2.24, 2.45) is 0 Å². The Balaban J connectivity index is 1.24. The number of nitrogens with zero attached hydrogens (tertiary/aromatic N) is 4. The molecule has 6 atom stereocenters. The Morgan fingerprint density at radius 1 is 1.12 bits per heavy atom. The molecule has 1 saturated heterocycles. The average molecular weight is 680 g/mol. The second kappa shape index (κ2) is 13.6. The van der Waals surface area contributed by atoms with Crippen LogP contribution in [-0.2, 0) is 30.0 Å². The fourth-order valence-electron chi connectivity index (χ4n) is 5.47. The van der Waals surface area contributed by atoms with Crippen molar-refractivity contribution in [3.8, 4) is 11.6 Å². The van der Waals surface area contributed by atoms with Gasteiger partial charge >= 0.3 is 13.7 Å². The van der Waals surface area contributed by atoms with E-state index in [4.69, 9.17) is 23.3 Å². The first-order valence-electron chi connectivity index (χ1n) is 15.2. The minimum atomic E-state index is -4.44. The third-order valence-electron chi connectivity index (χ3n) is 7.94. The van der Waals surface area contributed by atoms with Crippen molar-refractivity contribution in [2.45, 2.75) is 57.5 Å². The lowest BCUT2D eigenvalue weighted by Crippen LogP contribution is -2.42. The summed E-state index contributed by atoms with van der Waals surface area (Å²) in [5.74, 6) is 0.0630. The number of ether oxygens (including phenoxy) is 3. The number of benzene rings is 3. The molecule has 0 bridgehead atoms. The number of rotatable bonds is 12. The molecule has 13 nitrogen and oxygen atoms in total. The molecular weight excluding hydrogens is 644 g/mol. The maximum Gasteiger partial charge on any atom is 0.459 e. The molecule has 1 aliphatic heterocycles. The van der Waals surface area contributed by atoms with Crippen LogP contribution in [0.3, 0.4) is 0 Å². The highest BCUT2D eigenvalue weighted by molar-refractivity contribution is 7.52. The van der Waals surface area contributed by atoms with Crippen LogP contribution in [0.5, 0.6) is 11.6 Å². The number of aryl methyl sites for hydroxylation is 1. The first kappa shape index (κ1) is 33.4. The lowest BCUT2D eigenvalue weighted by molar-refractivity contribution is -0.146. The summed E-state index contributed by atoms with van der Waals surface area (Å²) in [5.41, 5.74) is -0.768. The number of imidazole rings is 1. The zero-order chi connectivity index (χ0) is 34.1. The van der Waals surface area contributed by atoms with E-state index in [0.29, 0.717) is 16.7 Å². The molecule has 6 rings (SSSR count). The summed E-state index contributed by atoms with van der Waals surface area (Å²) in [6, 6.07) is 20.4. The number of aromatic nitrogens is 4. The van der Waals surface area contributed by atoms with Crippen LogP contribution in [0, 0.1) is 6.92 Å². The lowest BCUT2D eigenvalue weighted by Gasteiger charge is -2.26. The molecule has 0 radical (unpaired) electrons. The van der Waals surface area contributed by atoms with Gasteiger partial charge in [-0.25, -0.2) is 18.9 Å². The second-order valence-corrected chi connectivity index (χ2v) is 13.3. The maximum absolute atomic E-state index is 15.9. The van der Waals surface area contributed by atoms with E-state index in [0.717, 1.165) is 10.9 Å². The van der Waals surface area contributed by atoms with E-state index in [9.17, 15) is 14.5 Å². The van der Waals surface area contributed by atoms with Crippen LogP contribution in [0.1, 0.15) is 31.5 Å². The molecule has 0 aliphatic carbocycles. The molecule has 3 aromatic carbocycles. The zero-order valence-corrected chi connectivity index (χ0v) is 27.5. The van der Waals surface area contributed by atoms with Crippen molar-refractivity contribution in [1.29, 1.82) is 0 Å². The molecule has 1 fully saturated rings. The summed E-state index contributed by atoms with van der Waals surface area (Å²) in [6.45, 7) is 3.74. The minimum Gasteiger partial charge on any atom is -0.479 e. The van der Waals surface area contributed by atoms with Gasteiger partial charge in [0.2, 0.25) is 5.88 Å². The van der Waals surface area contributed by atoms with Gasteiger partial charge < -0.3 is 23.8 Å². The van der Waals surface area contributed by atoms with Crippen LogP contribution < -0.4 is 14.3 Å². The number of esters is 1. The fraction of sp³-hybridized carbons (Fsp3) is 0.333. The largest absolute Gasteiger partial charge is 0.479 e. The molecule has 0 saturated carbocycles. The molecule has 2 N–H and O–H groups in total. The van der Waals surface area contributed by atoms with E-state index in [-0.39, 0.29) is 23.9 Å². The van der Waals surface area contributed by atoms with Crippen LogP contribution in [0.4, 0.5) is 4.39 Å². The summed E-state index contributed by atoms with van der Waals surface area (Å²) < 4.78 is 60.2. The lowest BCUT2D eigenvalue weighted by atomic mass is 9.98. The normalized spacial score (nSPS) is 22.8. The summed E-state index contributed by atoms with van der Waals surface area (Å²) in [6.07, 6.45) is -3.39. The topological polar surface area (TPSA) is 156 Å². The number of halogens is 1. The monoisotopic (exact) mass is 679 g/mol. The Hall–Kier alpha value is -4.46. The molecular formula is C33H35FN5O8P. The SMILES string of the molecule is COc1nc(C)nc2c1ncn2[C@@H]1O[C@H](COP(=O)(N[C@@H](C)C(=O)OCc2ccccc2)Oc2cccc3ccccc23)[C@H](F)[C@@]1(C)O. The summed E-state index contributed by atoms with van der Waals surface area (Å²) >= 11 is 0. The summed E-state index contributed by atoms with van der Waals surface area (Å²) in [7, 11) is -3.01. The quantitative estimate of drug-likeness (QED) is 0.131. The van der Waals surface area contributed by atoms with E-state index >= 15 is 4.39 Å². The van der Waals surface area contributed by atoms with Gasteiger partial charge in [0, 0.05) is 5.39 Å². The van der Waals surface area contributed by atoms with Gasteiger partial charge in [-0.3, -0.25) is 13.9 Å². The van der Waals surface area contributed by atoms with Crippen LogP contribution in [0.15, 0.2) is 79.1 Å². The first-order chi connectivity index (χ1) is 23.0. The molecule has 0 amide bonds. The van der Waals surface area contributed by atoms with Gasteiger partial charge in [0.05, 0.1) is 20.0 Å². The van der Waals surface area contributed by atoms with Crippen molar-refractivity contribution in [1.82, 2.24) is 24.6 Å². The Morgan fingerprint density at radius 3 is 2.62 bits per heavy atom. The number of carbonyl (C=O) groups is 1. The molecule has 3 heterocycles. The van der Waals surface area contributed by atoms with Gasteiger partial charge in [0.25, 0.3) is 0 Å². The van der Waals surface area contributed by atoms with E-state index in [2.05, 4.69) is 20.0 Å². The number of alkyl halides is 1. The van der Waals surface area contributed by atoms with Crippen molar-refractivity contribution in [3.05, 3.63) is 90.5 Å². The van der Waals surface area contributed by atoms with Gasteiger partial charge in [-0.15, -0.1) is 0 Å². The smallest absolute Gasteiger partial charge is 0.459 e. The molecule has 1 unspecified atom stereocenters. The van der Waals surface area contributed by atoms with E-state index < -0.39 is 50.5 Å². The maximum atomic E-state index is 15.9. The predicted molar refractivity (Wildman–Crippen MR) is 173 cm³/mol. The third-order valence-corrected chi connectivity index (χ3v) is 9.57. The Bertz CT molecular complexity index is 1970. The van der Waals surface area contributed by atoms with Crippen molar-refractivity contribution in [3.63, 3.8) is 0 Å². The average Bonchev–Trinajstić information content (AvgIpc) is 3.59. The molecule has 2 aromatic heterocycles. The minimum absolute atomic E-state index is 0.00377. The van der Waals surface area contributed by atoms with Crippen LogP contribution in [-0.4, -0.2) is 68.2 Å². The number of fused-ring (bicyclic) bond motifs is 2. The molecule has 1 aliphatic rings. The third kappa shape index (κ3) is 6.75. The summed E-state index contributed by atoms with van der Waals surface area (Å²) in [4.78, 5) is 25.8. The standard InChI is InChI=1S/C33H35FN5O8P/c1-20(31(40)44-17-22-11-6-5-7-12-22)38-48(42,47-25-16-10-14-23-13-8-9-15-24(23)25)45-18-26-28(34)33(3,41)32(46-26)39-19-35-27-29(39)36-21(2)37-30(27)43-4/h5-16,19-20,26,28,32,41H,17-18H2,1-4H3,(H,38,42)/t20-,26+,28-,32+,33+,48?/m0/s1. The highest BCUT2D eigenvalue weighted by atomic mass is 31.2. The number of methoxy groups -OCH3 is 1. The molecule has 0 spiro atoms. The van der Waals surface area contributed by atoms with Crippen LogP contribution in [0.2, 0.25) is 0 Å². The van der Waals surface area contributed by atoms with E-state index in [1.54, 1.807) is 43.3 Å². The molecule has 15 heteroatoms. The van der Waals surface area contributed by atoms with E-state index in [1.165, 1.54) is 31.9 Å². The Kier molecular flexibility index (Phi) is 9.46. The highest BCUT2D eigenvalue weighted by Crippen LogP contribution is 2.49. The van der Waals surface area contributed by atoms with Crippen LogP contribution >= 0.6 is 7.75 Å². The molecule has 48 heavy (non-hydrogen) atoms. The molecule has 252 valence electrons. The van der Waals surface area contributed by atoms with Gasteiger partial charge in [-0.2, -0.15) is 10.1 Å². The first-order valence-corrected chi connectivity index (χ1v) is 16.7. The number of aliphatic hydroxyl groups is 1. The van der Waals surface area contributed by atoms with Gasteiger partial charge in [-0.05, 0) is 37.8 Å². The van der Waals surface area contributed by atoms with Crippen molar-refractivity contribution < 1.29 is 42.1 Å². The second-order valence-electron chi connectivity index (χ2n) is 11.6.